The standard InChI is InChI=1S/C27H44.C3H8.C2H6/c1-20(2)10-8-12-22(4)25-17-18-26-24(14-9-19-27(25,26)5)16-15-23-13-7-6-11-21(23)3;1-3-2;1-2/h15-16,20,22,25-26H,3,6-14,17-19H2,1-2,4-5H3;3H2,1-2H3;1-2H3/b23-15-,24-16+;;. The molecule has 0 aliphatic heterocycles. The van der Waals surface area contributed by atoms with Crippen LogP contribution in [0.2, 0.25) is 0 Å². The second kappa shape index (κ2) is 15.2. The Morgan fingerprint density at radius 1 is 0.938 bits per heavy atom. The summed E-state index contributed by atoms with van der Waals surface area (Å²) in [6.45, 7) is 22.5. The van der Waals surface area contributed by atoms with E-state index in [1.807, 2.05) is 13.8 Å². The predicted octanol–water partition coefficient (Wildman–Crippen LogP) is 11.1. The van der Waals surface area contributed by atoms with E-state index in [9.17, 15) is 0 Å². The number of allylic oxidation sites excluding steroid dienone is 5. The summed E-state index contributed by atoms with van der Waals surface area (Å²) in [6, 6.07) is 0. The van der Waals surface area contributed by atoms with E-state index in [1.54, 1.807) is 5.57 Å². The molecule has 0 saturated heterocycles. The quantitative estimate of drug-likeness (QED) is 0.383. The third kappa shape index (κ3) is 8.22. The molecule has 0 heterocycles. The summed E-state index contributed by atoms with van der Waals surface area (Å²) in [5.41, 5.74) is 5.27. The van der Waals surface area contributed by atoms with Crippen LogP contribution in [0.5, 0.6) is 0 Å². The summed E-state index contributed by atoms with van der Waals surface area (Å²) in [5, 5.41) is 0. The van der Waals surface area contributed by atoms with Gasteiger partial charge in [0.2, 0.25) is 0 Å². The van der Waals surface area contributed by atoms with Crippen LogP contribution in [0.1, 0.15) is 139 Å². The van der Waals surface area contributed by atoms with E-state index in [2.05, 4.69) is 60.3 Å². The van der Waals surface area contributed by atoms with Crippen molar-refractivity contribution in [3.05, 3.63) is 35.5 Å². The lowest BCUT2D eigenvalue weighted by molar-refractivity contribution is 0.0929. The molecule has 32 heavy (non-hydrogen) atoms. The smallest absolute Gasteiger partial charge is 0.0143 e. The fraction of sp³-hybridized carbons (Fsp3) is 0.812. The van der Waals surface area contributed by atoms with Gasteiger partial charge in [0, 0.05) is 0 Å². The van der Waals surface area contributed by atoms with E-state index >= 15 is 0 Å². The average molecular weight is 443 g/mol. The van der Waals surface area contributed by atoms with Crippen molar-refractivity contribution < 1.29 is 0 Å². The van der Waals surface area contributed by atoms with Crippen LogP contribution < -0.4 is 0 Å². The van der Waals surface area contributed by atoms with Gasteiger partial charge in [-0.05, 0) is 92.4 Å². The van der Waals surface area contributed by atoms with E-state index in [-0.39, 0.29) is 0 Å². The van der Waals surface area contributed by atoms with Gasteiger partial charge in [-0.25, -0.2) is 0 Å². The van der Waals surface area contributed by atoms with Crippen molar-refractivity contribution in [2.45, 2.75) is 139 Å². The van der Waals surface area contributed by atoms with Crippen molar-refractivity contribution in [3.8, 4) is 0 Å². The van der Waals surface area contributed by atoms with Crippen LogP contribution >= 0.6 is 0 Å². The molecule has 3 aliphatic carbocycles. The van der Waals surface area contributed by atoms with Crippen LogP contribution in [-0.4, -0.2) is 0 Å². The Morgan fingerprint density at radius 2 is 1.59 bits per heavy atom. The van der Waals surface area contributed by atoms with Gasteiger partial charge in [0.05, 0.1) is 0 Å². The van der Waals surface area contributed by atoms with Gasteiger partial charge in [-0.3, -0.25) is 0 Å². The fourth-order valence-electron chi connectivity index (χ4n) is 6.66. The van der Waals surface area contributed by atoms with Crippen molar-refractivity contribution >= 4 is 0 Å². The first-order valence-electron chi connectivity index (χ1n) is 14.4. The van der Waals surface area contributed by atoms with E-state index in [1.165, 1.54) is 94.6 Å². The summed E-state index contributed by atoms with van der Waals surface area (Å²) < 4.78 is 0. The van der Waals surface area contributed by atoms with Gasteiger partial charge in [-0.15, -0.1) is 0 Å². The van der Waals surface area contributed by atoms with Gasteiger partial charge < -0.3 is 0 Å². The molecule has 0 aromatic carbocycles. The van der Waals surface area contributed by atoms with Crippen LogP contribution in [-0.2, 0) is 0 Å². The average Bonchev–Trinajstić information content (AvgIpc) is 3.12. The summed E-state index contributed by atoms with van der Waals surface area (Å²) in [7, 11) is 0. The number of hydrogen-bond donors (Lipinski definition) is 0. The summed E-state index contributed by atoms with van der Waals surface area (Å²) in [5.74, 6) is 3.54. The molecule has 0 N–H and O–H groups in total. The van der Waals surface area contributed by atoms with Crippen LogP contribution in [0.25, 0.3) is 0 Å². The third-order valence-corrected chi connectivity index (χ3v) is 8.29. The lowest BCUT2D eigenvalue weighted by Gasteiger charge is -2.44. The maximum atomic E-state index is 4.32. The van der Waals surface area contributed by atoms with E-state index in [4.69, 9.17) is 0 Å². The molecule has 0 radical (unpaired) electrons. The van der Waals surface area contributed by atoms with Gasteiger partial charge >= 0.3 is 0 Å². The Hall–Kier alpha value is -0.780. The molecule has 0 nitrogen and oxygen atoms in total. The largest absolute Gasteiger partial charge is 0.0956 e. The SMILES string of the molecule is C=C1CCCC/C1=C/C=C1\CCCC2(C)C1CCC2C(C)CCCC(C)C.CC.CCC. The molecule has 3 aliphatic rings. The molecule has 3 rings (SSSR count). The number of hydrogen-bond acceptors (Lipinski definition) is 0. The van der Waals surface area contributed by atoms with E-state index in [0.717, 1.165) is 23.7 Å². The lowest BCUT2D eigenvalue weighted by atomic mass is 9.60. The first-order valence-corrected chi connectivity index (χ1v) is 14.4. The van der Waals surface area contributed by atoms with E-state index in [0.29, 0.717) is 5.41 Å². The first kappa shape index (κ1) is 29.3. The highest BCUT2D eigenvalue weighted by Crippen LogP contribution is 2.59. The van der Waals surface area contributed by atoms with Crippen molar-refractivity contribution in [1.82, 2.24) is 0 Å². The van der Waals surface area contributed by atoms with Crippen LogP contribution in [0, 0.1) is 29.1 Å². The normalized spacial score (nSPS) is 31.0. The molecule has 186 valence electrons. The van der Waals surface area contributed by atoms with Crippen molar-refractivity contribution in [1.29, 1.82) is 0 Å². The topological polar surface area (TPSA) is 0 Å². The Balaban J connectivity index is 0.000000944. The van der Waals surface area contributed by atoms with Crippen LogP contribution in [0.15, 0.2) is 35.5 Å². The Kier molecular flexibility index (Phi) is 13.9. The van der Waals surface area contributed by atoms with Gasteiger partial charge in [0.25, 0.3) is 0 Å². The molecular formula is C32H58. The van der Waals surface area contributed by atoms with Crippen molar-refractivity contribution in [2.24, 2.45) is 29.1 Å². The zero-order valence-electron chi connectivity index (χ0n) is 23.4. The summed E-state index contributed by atoms with van der Waals surface area (Å²) in [6.07, 6.45) is 22.8. The molecule has 4 atom stereocenters. The Bertz CT molecular complexity index is 589. The Labute approximate surface area is 203 Å². The first-order chi connectivity index (χ1) is 15.3. The van der Waals surface area contributed by atoms with Crippen LogP contribution in [0.3, 0.4) is 0 Å². The minimum atomic E-state index is 0.559. The van der Waals surface area contributed by atoms with Gasteiger partial charge in [0.1, 0.15) is 0 Å². The number of fused-ring (bicyclic) bond motifs is 1. The van der Waals surface area contributed by atoms with Crippen molar-refractivity contribution in [2.75, 3.05) is 0 Å². The molecule has 0 bridgehead atoms. The van der Waals surface area contributed by atoms with Gasteiger partial charge in [-0.2, -0.15) is 0 Å². The Morgan fingerprint density at radius 3 is 2.22 bits per heavy atom. The molecule has 3 saturated carbocycles. The number of rotatable bonds is 6. The zero-order valence-corrected chi connectivity index (χ0v) is 23.4. The van der Waals surface area contributed by atoms with Crippen molar-refractivity contribution in [3.63, 3.8) is 0 Å². The zero-order chi connectivity index (χ0) is 24.1. The monoisotopic (exact) mass is 442 g/mol. The van der Waals surface area contributed by atoms with Gasteiger partial charge in [0.15, 0.2) is 0 Å². The highest BCUT2D eigenvalue weighted by molar-refractivity contribution is 5.35. The minimum Gasteiger partial charge on any atom is -0.0956 e. The molecule has 0 heteroatoms. The van der Waals surface area contributed by atoms with Gasteiger partial charge in [-0.1, -0.05) is 111 Å². The minimum absolute atomic E-state index is 0.559. The lowest BCUT2D eigenvalue weighted by Crippen LogP contribution is -2.36. The van der Waals surface area contributed by atoms with Crippen LogP contribution in [0.4, 0.5) is 0 Å². The molecule has 0 spiro atoms. The predicted molar refractivity (Wildman–Crippen MR) is 147 cm³/mol. The second-order valence-corrected chi connectivity index (χ2v) is 11.3. The molecular weight excluding hydrogens is 384 g/mol. The summed E-state index contributed by atoms with van der Waals surface area (Å²) >= 11 is 0. The molecule has 0 aromatic heterocycles. The highest BCUT2D eigenvalue weighted by Gasteiger charge is 2.50. The molecule has 0 amide bonds. The second-order valence-electron chi connectivity index (χ2n) is 11.3. The maximum absolute atomic E-state index is 4.32. The fourth-order valence-corrected chi connectivity index (χ4v) is 6.66. The molecule has 4 unspecified atom stereocenters. The maximum Gasteiger partial charge on any atom is -0.0143 e. The molecule has 0 aromatic rings. The third-order valence-electron chi connectivity index (χ3n) is 8.29. The highest BCUT2D eigenvalue weighted by atomic mass is 14.5. The van der Waals surface area contributed by atoms with E-state index < -0.39 is 0 Å². The summed E-state index contributed by atoms with van der Waals surface area (Å²) in [4.78, 5) is 0. The molecule has 3 fully saturated rings.